The maximum Gasteiger partial charge on any atom is 0.251 e. The summed E-state index contributed by atoms with van der Waals surface area (Å²) in [6.07, 6.45) is 2.03. The molecule has 1 heterocycles. The third-order valence-electron chi connectivity index (χ3n) is 4.48. The minimum atomic E-state index is -1.63. The Hall–Kier alpha value is -2.61. The van der Waals surface area contributed by atoms with Gasteiger partial charge in [-0.1, -0.05) is 6.07 Å². The molecule has 26 heavy (non-hydrogen) atoms. The third kappa shape index (κ3) is 3.65. The van der Waals surface area contributed by atoms with Crippen molar-refractivity contribution in [2.45, 2.75) is 25.0 Å². The second-order valence-electron chi connectivity index (χ2n) is 6.22. The first-order valence-electron chi connectivity index (χ1n) is 8.02. The Labute approximate surface area is 147 Å². The summed E-state index contributed by atoms with van der Waals surface area (Å²) in [7, 11) is 1.47. The van der Waals surface area contributed by atoms with E-state index in [0.29, 0.717) is 36.4 Å². The Balaban J connectivity index is 1.84. The number of benzene rings is 1. The molecule has 1 aromatic carbocycles. The van der Waals surface area contributed by atoms with Crippen LogP contribution in [0.4, 0.5) is 13.2 Å². The fourth-order valence-electron chi connectivity index (χ4n) is 2.98. The van der Waals surface area contributed by atoms with Crippen molar-refractivity contribution in [1.29, 1.82) is 0 Å². The molecule has 0 spiro atoms. The van der Waals surface area contributed by atoms with Gasteiger partial charge >= 0.3 is 0 Å². The number of amides is 1. The number of pyridine rings is 1. The van der Waals surface area contributed by atoms with Crippen molar-refractivity contribution in [2.24, 2.45) is 5.92 Å². The highest BCUT2D eigenvalue weighted by molar-refractivity contribution is 5.94. The van der Waals surface area contributed by atoms with Gasteiger partial charge in [-0.2, -0.15) is 0 Å². The minimum absolute atomic E-state index is 0.0562. The average molecular weight is 366 g/mol. The monoisotopic (exact) mass is 366 g/mol. The van der Waals surface area contributed by atoms with Crippen LogP contribution in [0.2, 0.25) is 0 Å². The van der Waals surface area contributed by atoms with Gasteiger partial charge in [0.1, 0.15) is 0 Å². The number of rotatable bonds is 5. The molecule has 1 saturated carbocycles. The van der Waals surface area contributed by atoms with Crippen molar-refractivity contribution in [3.63, 3.8) is 0 Å². The van der Waals surface area contributed by atoms with E-state index in [9.17, 15) is 23.1 Å². The van der Waals surface area contributed by atoms with Crippen molar-refractivity contribution in [1.82, 2.24) is 10.3 Å². The molecule has 0 bridgehead atoms. The van der Waals surface area contributed by atoms with E-state index < -0.39 is 35.5 Å². The van der Waals surface area contributed by atoms with Crippen LogP contribution in [0.3, 0.4) is 0 Å². The molecule has 5 nitrogen and oxygen atoms in total. The molecule has 2 N–H and O–H groups in total. The number of aromatic nitrogens is 1. The number of nitrogens with zero attached hydrogens (tertiary/aromatic N) is 1. The average Bonchev–Trinajstić information content (AvgIpc) is 2.61. The van der Waals surface area contributed by atoms with Crippen LogP contribution in [0.15, 0.2) is 30.5 Å². The highest BCUT2D eigenvalue weighted by atomic mass is 19.2. The summed E-state index contributed by atoms with van der Waals surface area (Å²) in [6.45, 7) is 0. The Bertz CT molecular complexity index is 785. The van der Waals surface area contributed by atoms with E-state index in [0.717, 1.165) is 0 Å². The molecule has 8 heteroatoms. The van der Waals surface area contributed by atoms with Crippen LogP contribution in [-0.4, -0.2) is 29.2 Å². The summed E-state index contributed by atoms with van der Waals surface area (Å²) in [5.74, 6) is -4.90. The summed E-state index contributed by atoms with van der Waals surface area (Å²) in [4.78, 5) is 16.5. The van der Waals surface area contributed by atoms with Crippen LogP contribution in [0, 0.1) is 23.4 Å². The number of carbonyl (C=O) groups is 1. The molecule has 1 fully saturated rings. The summed E-state index contributed by atoms with van der Waals surface area (Å²) in [5.41, 5.74) is 0.340. The molecule has 1 aliphatic carbocycles. The van der Waals surface area contributed by atoms with Gasteiger partial charge in [0.05, 0.1) is 19.3 Å². The van der Waals surface area contributed by atoms with Crippen LogP contribution in [0.5, 0.6) is 5.88 Å². The normalized spacial score (nSPS) is 20.2. The number of halogens is 3. The molecule has 1 amide bonds. The minimum Gasteiger partial charge on any atom is -0.481 e. The van der Waals surface area contributed by atoms with E-state index in [4.69, 9.17) is 4.74 Å². The summed E-state index contributed by atoms with van der Waals surface area (Å²) in [6, 6.07) is 4.12. The van der Waals surface area contributed by atoms with Crippen molar-refractivity contribution >= 4 is 5.91 Å². The van der Waals surface area contributed by atoms with Crippen LogP contribution >= 0.6 is 0 Å². The Morgan fingerprint density at radius 3 is 2.42 bits per heavy atom. The van der Waals surface area contributed by atoms with E-state index in [-0.39, 0.29) is 11.5 Å². The lowest BCUT2D eigenvalue weighted by molar-refractivity contribution is 0.0234. The molecule has 1 aliphatic rings. The summed E-state index contributed by atoms with van der Waals surface area (Å²) < 4.78 is 44.8. The SMILES string of the molecule is COc1ccc([C@H](NC(=O)c2cc(F)c(F)c(F)c2)C2CC(O)C2)cn1. The van der Waals surface area contributed by atoms with E-state index in [2.05, 4.69) is 10.3 Å². The van der Waals surface area contributed by atoms with E-state index in [1.165, 1.54) is 13.3 Å². The smallest absolute Gasteiger partial charge is 0.251 e. The maximum atomic E-state index is 13.4. The first kappa shape index (κ1) is 18.2. The van der Waals surface area contributed by atoms with Gasteiger partial charge in [0.2, 0.25) is 5.88 Å². The lowest BCUT2D eigenvalue weighted by Crippen LogP contribution is -2.41. The van der Waals surface area contributed by atoms with Crippen LogP contribution < -0.4 is 10.1 Å². The van der Waals surface area contributed by atoms with Crippen LogP contribution in [0.1, 0.15) is 34.8 Å². The number of hydrogen-bond donors (Lipinski definition) is 2. The fourth-order valence-corrected chi connectivity index (χ4v) is 2.98. The second kappa shape index (κ2) is 7.33. The molecule has 1 atom stereocenters. The number of aliphatic hydroxyl groups excluding tert-OH is 1. The maximum absolute atomic E-state index is 13.4. The van der Waals surface area contributed by atoms with E-state index in [1.807, 2.05) is 0 Å². The zero-order valence-corrected chi connectivity index (χ0v) is 13.9. The van der Waals surface area contributed by atoms with Gasteiger partial charge < -0.3 is 15.2 Å². The summed E-state index contributed by atoms with van der Waals surface area (Å²) in [5, 5.41) is 12.3. The number of carbonyl (C=O) groups excluding carboxylic acids is 1. The number of hydrogen-bond acceptors (Lipinski definition) is 4. The van der Waals surface area contributed by atoms with E-state index in [1.54, 1.807) is 12.1 Å². The lowest BCUT2D eigenvalue weighted by atomic mass is 9.75. The molecule has 3 rings (SSSR count). The van der Waals surface area contributed by atoms with Gasteiger partial charge in [-0.3, -0.25) is 4.79 Å². The molecule has 0 aliphatic heterocycles. The molecular formula is C18H17F3N2O3. The van der Waals surface area contributed by atoms with Gasteiger partial charge in [0.25, 0.3) is 5.91 Å². The molecule has 138 valence electrons. The van der Waals surface area contributed by atoms with Crippen molar-refractivity contribution in [3.05, 3.63) is 59.0 Å². The predicted octanol–water partition coefficient (Wildman–Crippen LogP) is 2.75. The second-order valence-corrected chi connectivity index (χ2v) is 6.22. The third-order valence-corrected chi connectivity index (χ3v) is 4.48. The van der Waals surface area contributed by atoms with Gasteiger partial charge in [-0.05, 0) is 36.5 Å². The number of nitrogens with one attached hydrogen (secondary N) is 1. The highest BCUT2D eigenvalue weighted by Crippen LogP contribution is 2.38. The van der Waals surface area contributed by atoms with Gasteiger partial charge in [0.15, 0.2) is 17.5 Å². The summed E-state index contributed by atoms with van der Waals surface area (Å²) >= 11 is 0. The number of aliphatic hydroxyl groups is 1. The van der Waals surface area contributed by atoms with Gasteiger partial charge in [-0.25, -0.2) is 18.2 Å². The molecular weight excluding hydrogens is 349 g/mol. The van der Waals surface area contributed by atoms with Crippen LogP contribution in [0.25, 0.3) is 0 Å². The first-order valence-corrected chi connectivity index (χ1v) is 8.02. The van der Waals surface area contributed by atoms with Gasteiger partial charge in [0, 0.05) is 17.8 Å². The quantitative estimate of drug-likeness (QED) is 0.799. The Kier molecular flexibility index (Phi) is 5.13. The zero-order chi connectivity index (χ0) is 18.8. The molecule has 0 saturated heterocycles. The largest absolute Gasteiger partial charge is 0.481 e. The topological polar surface area (TPSA) is 71.5 Å². The number of methoxy groups -OCH3 is 1. The standard InChI is InChI=1S/C18H17F3N2O3/c1-26-15-3-2-9(8-22-15)17(10-4-12(24)5-10)23-18(25)11-6-13(19)16(21)14(20)7-11/h2-3,6-8,10,12,17,24H,4-5H2,1H3,(H,23,25)/t10?,12?,17-/m0/s1. The predicted molar refractivity (Wildman–Crippen MR) is 86.0 cm³/mol. The number of ether oxygens (including phenoxy) is 1. The molecule has 0 radical (unpaired) electrons. The van der Waals surface area contributed by atoms with Crippen molar-refractivity contribution in [3.8, 4) is 5.88 Å². The first-order chi connectivity index (χ1) is 12.4. The lowest BCUT2D eigenvalue weighted by Gasteiger charge is -2.38. The molecule has 1 aromatic heterocycles. The fraction of sp³-hybridized carbons (Fsp3) is 0.333. The van der Waals surface area contributed by atoms with Crippen molar-refractivity contribution < 1.29 is 27.8 Å². The van der Waals surface area contributed by atoms with Crippen LogP contribution in [-0.2, 0) is 0 Å². The van der Waals surface area contributed by atoms with E-state index >= 15 is 0 Å². The highest BCUT2D eigenvalue weighted by Gasteiger charge is 2.36. The van der Waals surface area contributed by atoms with Crippen molar-refractivity contribution in [2.75, 3.05) is 7.11 Å². The Morgan fingerprint density at radius 2 is 1.92 bits per heavy atom. The molecule has 0 unspecified atom stereocenters. The Morgan fingerprint density at radius 1 is 1.27 bits per heavy atom. The zero-order valence-electron chi connectivity index (χ0n) is 13.9. The molecule has 2 aromatic rings. The van der Waals surface area contributed by atoms with Gasteiger partial charge in [-0.15, -0.1) is 0 Å².